The Bertz CT molecular complexity index is 2420. The first-order valence-electron chi connectivity index (χ1n) is 17.4. The van der Waals surface area contributed by atoms with Crippen molar-refractivity contribution in [2.75, 3.05) is 12.4 Å². The maximum absolute atomic E-state index is 13.5. The number of fused-ring (bicyclic) bond motifs is 2. The average Bonchev–Trinajstić information content (AvgIpc) is 3.16. The summed E-state index contributed by atoms with van der Waals surface area (Å²) in [5.41, 5.74) is 0.855. The van der Waals surface area contributed by atoms with Crippen molar-refractivity contribution in [2.45, 2.75) is 57.4 Å². The number of carbonyl (C=O) groups excluding carboxylic acids is 2. The first kappa shape index (κ1) is 36.4. The van der Waals surface area contributed by atoms with Crippen LogP contribution in [0.3, 0.4) is 0 Å². The first-order valence-corrected chi connectivity index (χ1v) is 17.4. The van der Waals surface area contributed by atoms with Crippen LogP contribution in [-0.2, 0) is 20.6 Å². The second-order valence-electron chi connectivity index (χ2n) is 13.7. The normalized spacial score (nSPS) is 19.4. The fourth-order valence-corrected chi connectivity index (χ4v) is 6.92. The fraction of sp³-hybridized carbons (Fsp3) is 0.233. The van der Waals surface area contributed by atoms with Gasteiger partial charge in [0.15, 0.2) is 18.0 Å². The van der Waals surface area contributed by atoms with Crippen molar-refractivity contribution in [1.29, 1.82) is 0 Å². The lowest BCUT2D eigenvalue weighted by Crippen LogP contribution is -2.65. The van der Waals surface area contributed by atoms with Crippen LogP contribution in [0, 0.1) is 6.92 Å². The predicted octanol–water partition coefficient (Wildman–Crippen LogP) is 7.56. The van der Waals surface area contributed by atoms with E-state index in [-0.39, 0.29) is 40.2 Å². The number of aromatic hydroxyl groups is 1. The summed E-state index contributed by atoms with van der Waals surface area (Å²) < 4.78 is 29.2. The number of aliphatic hydroxyl groups is 1. The monoisotopic (exact) mass is 729 g/mol. The van der Waals surface area contributed by atoms with E-state index in [1.165, 1.54) is 19.2 Å². The minimum Gasteiger partial charge on any atom is -0.507 e. The van der Waals surface area contributed by atoms with Gasteiger partial charge in [0.1, 0.15) is 23.2 Å². The van der Waals surface area contributed by atoms with E-state index in [0.717, 1.165) is 21.9 Å². The van der Waals surface area contributed by atoms with Crippen LogP contribution in [0.25, 0.3) is 32.9 Å². The third-order valence-electron chi connectivity index (χ3n) is 9.72. The molecular formula is C43H39NO10. The highest BCUT2D eigenvalue weighted by molar-refractivity contribution is 6.00. The summed E-state index contributed by atoms with van der Waals surface area (Å²) in [6.07, 6.45) is -6.13. The Labute approximate surface area is 310 Å². The Balaban J connectivity index is 1.11. The van der Waals surface area contributed by atoms with Crippen LogP contribution in [0.5, 0.6) is 11.5 Å². The fourth-order valence-electron chi connectivity index (χ4n) is 6.92. The number of ketones is 1. The van der Waals surface area contributed by atoms with Gasteiger partial charge in [0.25, 0.3) is 0 Å². The van der Waals surface area contributed by atoms with Crippen LogP contribution in [0.4, 0.5) is 10.5 Å². The van der Waals surface area contributed by atoms with Crippen molar-refractivity contribution in [3.8, 4) is 22.6 Å². The van der Waals surface area contributed by atoms with Crippen LogP contribution >= 0.6 is 0 Å². The van der Waals surface area contributed by atoms with Crippen molar-refractivity contribution in [2.24, 2.45) is 0 Å². The second-order valence-corrected chi connectivity index (χ2v) is 13.7. The zero-order chi connectivity index (χ0) is 38.1. The van der Waals surface area contributed by atoms with Crippen LogP contribution in [0.1, 0.15) is 35.3 Å². The lowest BCUT2D eigenvalue weighted by molar-refractivity contribution is -0.304. The number of methoxy groups -OCH3 is 1. The zero-order valence-corrected chi connectivity index (χ0v) is 30.1. The van der Waals surface area contributed by atoms with Crippen LogP contribution in [0.2, 0.25) is 0 Å². The molecule has 0 unspecified atom stereocenters. The van der Waals surface area contributed by atoms with Crippen LogP contribution < -0.4 is 15.7 Å². The van der Waals surface area contributed by atoms with Crippen LogP contribution in [-0.4, -0.2) is 59.4 Å². The molecule has 1 aliphatic rings. The summed E-state index contributed by atoms with van der Waals surface area (Å²) in [4.78, 5) is 39.7. The molecule has 0 spiro atoms. The molecule has 6 aromatic rings. The number of para-hydroxylation sites is 1. The summed E-state index contributed by atoms with van der Waals surface area (Å²) in [5.74, 6) is -0.584. The average molecular weight is 730 g/mol. The molecular weight excluding hydrogens is 690 g/mol. The molecule has 3 N–H and O–H groups in total. The summed E-state index contributed by atoms with van der Waals surface area (Å²) >= 11 is 0. The molecule has 1 aromatic heterocycles. The summed E-state index contributed by atoms with van der Waals surface area (Å²) in [5, 5.41) is 27.7. The molecule has 0 radical (unpaired) electrons. The largest absolute Gasteiger partial charge is 0.507 e. The molecule has 1 saturated heterocycles. The third kappa shape index (κ3) is 7.16. The van der Waals surface area contributed by atoms with Gasteiger partial charge in [-0.2, -0.15) is 0 Å². The van der Waals surface area contributed by atoms with E-state index in [0.29, 0.717) is 16.8 Å². The first-order chi connectivity index (χ1) is 25.9. The maximum Gasteiger partial charge on any atom is 0.412 e. The van der Waals surface area contributed by atoms with Gasteiger partial charge in [-0.3, -0.25) is 10.1 Å². The molecule has 54 heavy (non-hydrogen) atoms. The van der Waals surface area contributed by atoms with Crippen molar-refractivity contribution >= 4 is 39.3 Å². The highest BCUT2D eigenvalue weighted by atomic mass is 16.7. The molecule has 0 bridgehead atoms. The van der Waals surface area contributed by atoms with E-state index < -0.39 is 41.9 Å². The number of anilines is 1. The van der Waals surface area contributed by atoms with Gasteiger partial charge in [0, 0.05) is 30.3 Å². The van der Waals surface area contributed by atoms with Gasteiger partial charge >= 0.3 is 11.7 Å². The summed E-state index contributed by atoms with van der Waals surface area (Å²) in [6.45, 7) is 5.03. The van der Waals surface area contributed by atoms with Crippen molar-refractivity contribution < 1.29 is 43.2 Å². The van der Waals surface area contributed by atoms with Gasteiger partial charge in [0.2, 0.25) is 6.29 Å². The number of carbonyl (C=O) groups is 2. The standard InChI is InChI=1S/C43H39NO10/c1-24-34(51-41-36(47)38(39(50-4)43(2,3)54-41)53-42(49)44-30-15-6-5-7-16-30)20-19-31-35(46)32(40(48)52-37(24)31)23-33(45)29-14-10-13-27(22-29)28-18-17-25-11-8-9-12-26(25)21-28/h5-22,36,38-39,41,46-47H,23H2,1-4H3,(H,44,49)/t36-,38+,39-,41-/m1/s1. The van der Waals surface area contributed by atoms with Gasteiger partial charge in [0.05, 0.1) is 16.6 Å². The lowest BCUT2D eigenvalue weighted by atomic mass is 9.89. The number of aryl methyl sites for hydroxylation is 1. The molecule has 5 aromatic carbocycles. The molecule has 0 aliphatic carbocycles. The Morgan fingerprint density at radius 3 is 2.35 bits per heavy atom. The molecule has 2 heterocycles. The zero-order valence-electron chi connectivity index (χ0n) is 30.1. The number of nitrogens with one attached hydrogen (secondary N) is 1. The minimum atomic E-state index is -1.51. The molecule has 1 amide bonds. The Hall–Kier alpha value is -6.01. The number of hydrogen-bond acceptors (Lipinski definition) is 10. The quantitative estimate of drug-likeness (QED) is 0.100. The van der Waals surface area contributed by atoms with E-state index >= 15 is 0 Å². The van der Waals surface area contributed by atoms with Crippen molar-refractivity contribution in [3.05, 3.63) is 136 Å². The summed E-state index contributed by atoms with van der Waals surface area (Å²) in [7, 11) is 1.42. The van der Waals surface area contributed by atoms with Gasteiger partial charge in [-0.1, -0.05) is 72.8 Å². The molecule has 11 nitrogen and oxygen atoms in total. The number of hydrogen-bond donors (Lipinski definition) is 3. The van der Waals surface area contributed by atoms with E-state index in [1.54, 1.807) is 69.3 Å². The number of Topliss-reactive ketones (excluding diaryl/α,β-unsaturated/α-hetero) is 1. The van der Waals surface area contributed by atoms with Crippen LogP contribution in [0.15, 0.2) is 118 Å². The topological polar surface area (TPSA) is 154 Å². The van der Waals surface area contributed by atoms with E-state index in [4.69, 9.17) is 23.4 Å². The SMILES string of the molecule is CO[C@@H]1[C@@H](OC(=O)Nc2ccccc2)[C@@H](O)[C@H](Oc2ccc3c(O)c(CC(=O)c4cccc(-c5ccc6ccccc6c5)c4)c(=O)oc3c2C)OC1(C)C. The second kappa shape index (κ2) is 14.8. The smallest absolute Gasteiger partial charge is 0.412 e. The minimum absolute atomic E-state index is 0.0267. The molecule has 11 heteroatoms. The predicted molar refractivity (Wildman–Crippen MR) is 203 cm³/mol. The van der Waals surface area contributed by atoms with Gasteiger partial charge in [-0.15, -0.1) is 0 Å². The Kier molecular flexibility index (Phi) is 9.95. The highest BCUT2D eigenvalue weighted by Crippen LogP contribution is 2.38. The summed E-state index contributed by atoms with van der Waals surface area (Å²) in [6, 6.07) is 32.9. The lowest BCUT2D eigenvalue weighted by Gasteiger charge is -2.47. The Morgan fingerprint density at radius 1 is 0.870 bits per heavy atom. The van der Waals surface area contributed by atoms with E-state index in [9.17, 15) is 24.6 Å². The van der Waals surface area contributed by atoms with Gasteiger partial charge in [-0.25, -0.2) is 9.59 Å². The number of ether oxygens (including phenoxy) is 4. The van der Waals surface area contributed by atoms with E-state index in [2.05, 4.69) is 11.4 Å². The number of aliphatic hydroxyl groups excluding tert-OH is 1. The van der Waals surface area contributed by atoms with Gasteiger partial charge < -0.3 is 33.6 Å². The number of benzene rings is 5. The Morgan fingerprint density at radius 2 is 1.59 bits per heavy atom. The molecule has 4 atom stereocenters. The molecule has 0 saturated carbocycles. The maximum atomic E-state index is 13.5. The molecule has 7 rings (SSSR count). The molecule has 1 fully saturated rings. The number of rotatable bonds is 9. The highest BCUT2D eigenvalue weighted by Gasteiger charge is 2.53. The van der Waals surface area contributed by atoms with E-state index in [1.807, 2.05) is 42.5 Å². The molecule has 276 valence electrons. The van der Waals surface area contributed by atoms with Crippen molar-refractivity contribution in [1.82, 2.24) is 0 Å². The third-order valence-corrected chi connectivity index (χ3v) is 9.72. The number of amides is 1. The van der Waals surface area contributed by atoms with Crippen molar-refractivity contribution in [3.63, 3.8) is 0 Å². The van der Waals surface area contributed by atoms with Gasteiger partial charge in [-0.05, 0) is 79.1 Å². The molecule has 1 aliphatic heterocycles.